The molecule has 6 atom stereocenters. The summed E-state index contributed by atoms with van der Waals surface area (Å²) >= 11 is 0. The minimum Gasteiger partial charge on any atom is -0.390 e. The standard InChI is InChI=1S/C14H28O4/c1-4-6-8-11(15)14-13(17)10(7-5-2)12(16)9(3)18-14/h9-17H,4-8H2,1-3H3. The first-order valence-corrected chi connectivity index (χ1v) is 7.22. The predicted octanol–water partition coefficient (Wildman–Crippen LogP) is 1.46. The lowest BCUT2D eigenvalue weighted by Gasteiger charge is -2.43. The Morgan fingerprint density at radius 1 is 1.11 bits per heavy atom. The van der Waals surface area contributed by atoms with E-state index in [1.54, 1.807) is 6.92 Å². The van der Waals surface area contributed by atoms with E-state index in [0.29, 0.717) is 6.42 Å². The molecule has 1 aliphatic heterocycles. The predicted molar refractivity (Wildman–Crippen MR) is 70.3 cm³/mol. The van der Waals surface area contributed by atoms with Crippen molar-refractivity contribution in [1.29, 1.82) is 0 Å². The fraction of sp³-hybridized carbons (Fsp3) is 1.00. The van der Waals surface area contributed by atoms with Crippen molar-refractivity contribution in [2.75, 3.05) is 0 Å². The summed E-state index contributed by atoms with van der Waals surface area (Å²) in [6.45, 7) is 5.90. The van der Waals surface area contributed by atoms with Gasteiger partial charge in [0, 0.05) is 5.92 Å². The second-order valence-corrected chi connectivity index (χ2v) is 5.45. The Morgan fingerprint density at radius 3 is 2.33 bits per heavy atom. The van der Waals surface area contributed by atoms with E-state index in [4.69, 9.17) is 4.74 Å². The molecule has 0 bridgehead atoms. The molecule has 3 N–H and O–H groups in total. The molecular formula is C14H28O4. The van der Waals surface area contributed by atoms with Crippen LogP contribution in [0.5, 0.6) is 0 Å². The van der Waals surface area contributed by atoms with Crippen LogP contribution in [0.1, 0.15) is 52.9 Å². The van der Waals surface area contributed by atoms with Crippen molar-refractivity contribution in [3.63, 3.8) is 0 Å². The Hall–Kier alpha value is -0.160. The molecule has 108 valence electrons. The van der Waals surface area contributed by atoms with E-state index in [1.165, 1.54) is 0 Å². The summed E-state index contributed by atoms with van der Waals surface area (Å²) in [6.07, 6.45) is 1.28. The molecule has 6 unspecified atom stereocenters. The summed E-state index contributed by atoms with van der Waals surface area (Å²) in [4.78, 5) is 0. The smallest absolute Gasteiger partial charge is 0.110 e. The van der Waals surface area contributed by atoms with E-state index in [0.717, 1.165) is 25.7 Å². The molecule has 0 aliphatic carbocycles. The summed E-state index contributed by atoms with van der Waals surface area (Å²) in [5.74, 6) is -0.194. The van der Waals surface area contributed by atoms with Crippen molar-refractivity contribution in [1.82, 2.24) is 0 Å². The molecule has 1 rings (SSSR count). The Kier molecular flexibility index (Phi) is 6.57. The maximum absolute atomic E-state index is 10.3. The van der Waals surface area contributed by atoms with Gasteiger partial charge in [0.05, 0.1) is 24.4 Å². The van der Waals surface area contributed by atoms with Gasteiger partial charge in [-0.15, -0.1) is 0 Å². The van der Waals surface area contributed by atoms with Crippen molar-refractivity contribution in [2.24, 2.45) is 5.92 Å². The third-order valence-corrected chi connectivity index (χ3v) is 3.92. The van der Waals surface area contributed by atoms with E-state index >= 15 is 0 Å². The average molecular weight is 260 g/mol. The Labute approximate surface area is 110 Å². The topological polar surface area (TPSA) is 69.9 Å². The van der Waals surface area contributed by atoms with Crippen molar-refractivity contribution in [2.45, 2.75) is 83.4 Å². The van der Waals surface area contributed by atoms with Gasteiger partial charge in [0.1, 0.15) is 6.10 Å². The molecule has 0 spiro atoms. The van der Waals surface area contributed by atoms with Crippen LogP contribution in [0.3, 0.4) is 0 Å². The largest absolute Gasteiger partial charge is 0.390 e. The van der Waals surface area contributed by atoms with Crippen LogP contribution in [0.2, 0.25) is 0 Å². The molecule has 1 heterocycles. The second-order valence-electron chi connectivity index (χ2n) is 5.45. The Morgan fingerprint density at radius 2 is 1.78 bits per heavy atom. The first kappa shape index (κ1) is 15.9. The second kappa shape index (κ2) is 7.43. The molecule has 0 aromatic carbocycles. The zero-order chi connectivity index (χ0) is 13.7. The van der Waals surface area contributed by atoms with Gasteiger partial charge in [0.2, 0.25) is 0 Å². The molecule has 1 saturated heterocycles. The zero-order valence-corrected chi connectivity index (χ0v) is 11.7. The number of aliphatic hydroxyl groups excluding tert-OH is 3. The van der Waals surface area contributed by atoms with Gasteiger partial charge in [0.25, 0.3) is 0 Å². The van der Waals surface area contributed by atoms with Crippen LogP contribution in [0.25, 0.3) is 0 Å². The van der Waals surface area contributed by atoms with Gasteiger partial charge in [-0.05, 0) is 19.8 Å². The van der Waals surface area contributed by atoms with Gasteiger partial charge in [-0.25, -0.2) is 0 Å². The number of ether oxygens (including phenoxy) is 1. The quantitative estimate of drug-likeness (QED) is 0.676. The number of aliphatic hydroxyl groups is 3. The van der Waals surface area contributed by atoms with Crippen LogP contribution in [0.4, 0.5) is 0 Å². The molecular weight excluding hydrogens is 232 g/mol. The number of unbranched alkanes of at least 4 members (excludes halogenated alkanes) is 1. The SMILES string of the molecule is CCCCC(O)C1OC(C)C(O)C(CCC)C1O. The molecule has 0 amide bonds. The average Bonchev–Trinajstić information content (AvgIpc) is 2.36. The van der Waals surface area contributed by atoms with Crippen molar-refractivity contribution >= 4 is 0 Å². The fourth-order valence-electron chi connectivity index (χ4n) is 2.77. The van der Waals surface area contributed by atoms with E-state index in [2.05, 4.69) is 6.92 Å². The number of hydrogen-bond acceptors (Lipinski definition) is 4. The van der Waals surface area contributed by atoms with E-state index in [1.807, 2.05) is 6.92 Å². The highest BCUT2D eigenvalue weighted by molar-refractivity contribution is 4.93. The van der Waals surface area contributed by atoms with Gasteiger partial charge in [0.15, 0.2) is 0 Å². The van der Waals surface area contributed by atoms with Crippen molar-refractivity contribution in [3.8, 4) is 0 Å². The first-order valence-electron chi connectivity index (χ1n) is 7.22. The maximum atomic E-state index is 10.3. The highest BCUT2D eigenvalue weighted by atomic mass is 16.5. The molecule has 1 aliphatic rings. The molecule has 0 aromatic rings. The Bertz CT molecular complexity index is 234. The lowest BCUT2D eigenvalue weighted by molar-refractivity contribution is -0.221. The first-order chi connectivity index (χ1) is 8.52. The van der Waals surface area contributed by atoms with Crippen LogP contribution in [0.15, 0.2) is 0 Å². The summed E-state index contributed by atoms with van der Waals surface area (Å²) in [5.41, 5.74) is 0. The number of hydrogen-bond donors (Lipinski definition) is 3. The highest BCUT2D eigenvalue weighted by Gasteiger charge is 2.44. The summed E-state index contributed by atoms with van der Waals surface area (Å²) in [7, 11) is 0. The minimum absolute atomic E-state index is 0.194. The van der Waals surface area contributed by atoms with Gasteiger partial charge in [-0.3, -0.25) is 0 Å². The highest BCUT2D eigenvalue weighted by Crippen LogP contribution is 2.31. The molecule has 4 heteroatoms. The molecule has 1 fully saturated rings. The van der Waals surface area contributed by atoms with Crippen molar-refractivity contribution < 1.29 is 20.1 Å². The van der Waals surface area contributed by atoms with Crippen LogP contribution in [-0.2, 0) is 4.74 Å². The van der Waals surface area contributed by atoms with Gasteiger partial charge < -0.3 is 20.1 Å². The molecule has 0 aromatic heterocycles. The van der Waals surface area contributed by atoms with E-state index in [-0.39, 0.29) is 12.0 Å². The van der Waals surface area contributed by atoms with Crippen LogP contribution in [-0.4, -0.2) is 45.8 Å². The maximum Gasteiger partial charge on any atom is 0.110 e. The lowest BCUT2D eigenvalue weighted by atomic mass is 9.81. The zero-order valence-electron chi connectivity index (χ0n) is 11.7. The molecule has 0 saturated carbocycles. The molecule has 18 heavy (non-hydrogen) atoms. The lowest BCUT2D eigenvalue weighted by Crippen LogP contribution is -2.56. The number of rotatable bonds is 6. The monoisotopic (exact) mass is 260 g/mol. The van der Waals surface area contributed by atoms with E-state index in [9.17, 15) is 15.3 Å². The summed E-state index contributed by atoms with van der Waals surface area (Å²) < 4.78 is 5.60. The van der Waals surface area contributed by atoms with Crippen LogP contribution < -0.4 is 0 Å². The third-order valence-electron chi connectivity index (χ3n) is 3.92. The fourth-order valence-corrected chi connectivity index (χ4v) is 2.77. The van der Waals surface area contributed by atoms with Crippen LogP contribution >= 0.6 is 0 Å². The Balaban J connectivity index is 2.67. The van der Waals surface area contributed by atoms with Crippen molar-refractivity contribution in [3.05, 3.63) is 0 Å². The van der Waals surface area contributed by atoms with Gasteiger partial charge >= 0.3 is 0 Å². The van der Waals surface area contributed by atoms with Gasteiger partial charge in [-0.2, -0.15) is 0 Å². The van der Waals surface area contributed by atoms with Gasteiger partial charge in [-0.1, -0.05) is 33.1 Å². The summed E-state index contributed by atoms with van der Waals surface area (Å²) in [6, 6.07) is 0. The minimum atomic E-state index is -0.775. The summed E-state index contributed by atoms with van der Waals surface area (Å²) in [5, 5.41) is 30.4. The van der Waals surface area contributed by atoms with E-state index < -0.39 is 24.4 Å². The molecule has 0 radical (unpaired) electrons. The van der Waals surface area contributed by atoms with Crippen LogP contribution in [0, 0.1) is 5.92 Å². The normalized spacial score (nSPS) is 38.7. The molecule has 4 nitrogen and oxygen atoms in total. The third kappa shape index (κ3) is 3.67.